The highest BCUT2D eigenvalue weighted by molar-refractivity contribution is 7.89. The molecule has 256 valence electrons. The monoisotopic (exact) mass is 688 g/mol. The van der Waals surface area contributed by atoms with Gasteiger partial charge in [0.2, 0.25) is 20.0 Å². The molecule has 1 unspecified atom stereocenters. The molecule has 0 N–H and O–H groups in total. The van der Waals surface area contributed by atoms with E-state index in [4.69, 9.17) is 4.98 Å². The van der Waals surface area contributed by atoms with E-state index in [1.807, 2.05) is 17.1 Å². The first-order valence-corrected chi connectivity index (χ1v) is 19.2. The van der Waals surface area contributed by atoms with Crippen LogP contribution >= 0.6 is 0 Å². The third kappa shape index (κ3) is 7.78. The molecule has 0 bridgehead atoms. The Labute approximate surface area is 277 Å². The standard InChI is InChI=1S/C33H45FN6O5S2/c1-6-17-37(30-23-29(30)33(2)15-13-25(34)14-16-33)18-7-8-26-24-40(27-9-11-28(12-10-27)47(44,45)36(3)4)32(41)31(35-26)38-19-21-39(22-20-38)46(5,42)43/h6,9-15,24,29-30H,1,7-8,16-23H2,2-5H3/t29-,30-,33?/m1/s1. The molecule has 1 aromatic carbocycles. The van der Waals surface area contributed by atoms with E-state index in [0.717, 1.165) is 30.2 Å². The first-order valence-electron chi connectivity index (χ1n) is 15.9. The lowest BCUT2D eigenvalue weighted by molar-refractivity contribution is 0.236. The molecule has 0 spiro atoms. The molecule has 2 heterocycles. The van der Waals surface area contributed by atoms with Crippen LogP contribution in [-0.4, -0.2) is 106 Å². The van der Waals surface area contributed by atoms with Crippen LogP contribution in [0.15, 0.2) is 76.9 Å². The van der Waals surface area contributed by atoms with Gasteiger partial charge in [0.15, 0.2) is 5.82 Å². The molecule has 1 aliphatic heterocycles. The molecule has 11 nitrogen and oxygen atoms in total. The number of benzene rings is 1. The zero-order valence-electron chi connectivity index (χ0n) is 27.5. The van der Waals surface area contributed by atoms with Gasteiger partial charge in [-0.15, -0.1) is 6.58 Å². The molecule has 1 aromatic heterocycles. The summed E-state index contributed by atoms with van der Waals surface area (Å²) in [6, 6.07) is 6.54. The van der Waals surface area contributed by atoms with E-state index in [9.17, 15) is 26.0 Å². The molecule has 2 fully saturated rings. The molecule has 3 aliphatic rings. The molecule has 5 rings (SSSR count). The second-order valence-corrected chi connectivity index (χ2v) is 17.2. The van der Waals surface area contributed by atoms with Gasteiger partial charge in [0, 0.05) is 64.7 Å². The zero-order chi connectivity index (χ0) is 34.1. The molecular weight excluding hydrogens is 644 g/mol. The van der Waals surface area contributed by atoms with Gasteiger partial charge in [-0.25, -0.2) is 30.5 Å². The SMILES string of the molecule is C=CCN(CCCc1cn(-c2ccc(S(=O)(=O)N(C)C)cc2)c(=O)c(N2CCN(S(C)(=O)=O)CC2)n1)[C@@H]1C[C@H]1C1(C)C=CC(F)=CC1. The largest absolute Gasteiger partial charge is 0.349 e. The summed E-state index contributed by atoms with van der Waals surface area (Å²) < 4.78 is 67.1. The Hall–Kier alpha value is -3.17. The molecule has 1 saturated carbocycles. The minimum absolute atomic E-state index is 0.0752. The van der Waals surface area contributed by atoms with Gasteiger partial charge in [-0.1, -0.05) is 19.1 Å². The second-order valence-electron chi connectivity index (χ2n) is 13.1. The predicted octanol–water partition coefficient (Wildman–Crippen LogP) is 3.19. The lowest BCUT2D eigenvalue weighted by atomic mass is 9.78. The van der Waals surface area contributed by atoms with Crippen LogP contribution < -0.4 is 10.5 Å². The van der Waals surface area contributed by atoms with Crippen LogP contribution in [-0.2, 0) is 26.5 Å². The lowest BCUT2D eigenvalue weighted by Gasteiger charge is -2.33. The van der Waals surface area contributed by atoms with Crippen molar-refractivity contribution in [1.82, 2.24) is 23.1 Å². The fourth-order valence-corrected chi connectivity index (χ4v) is 8.31. The van der Waals surface area contributed by atoms with Crippen LogP contribution in [0.4, 0.5) is 10.2 Å². The zero-order valence-corrected chi connectivity index (χ0v) is 29.2. The van der Waals surface area contributed by atoms with Gasteiger partial charge in [0.1, 0.15) is 5.83 Å². The fourth-order valence-electron chi connectivity index (χ4n) is 6.58. The number of anilines is 1. The number of halogens is 1. The quantitative estimate of drug-likeness (QED) is 0.295. The van der Waals surface area contributed by atoms with Crippen molar-refractivity contribution in [1.29, 1.82) is 0 Å². The Morgan fingerprint density at radius 1 is 1.11 bits per heavy atom. The van der Waals surface area contributed by atoms with Gasteiger partial charge in [-0.05, 0) is 80.0 Å². The predicted molar refractivity (Wildman–Crippen MR) is 182 cm³/mol. The number of hydrogen-bond acceptors (Lipinski definition) is 8. The molecule has 0 amide bonds. The highest BCUT2D eigenvalue weighted by Gasteiger charge is 2.51. The smallest absolute Gasteiger partial charge is 0.298 e. The van der Waals surface area contributed by atoms with Gasteiger partial charge in [-0.2, -0.15) is 4.31 Å². The van der Waals surface area contributed by atoms with E-state index < -0.39 is 20.0 Å². The molecular formula is C33H45FN6O5S2. The minimum Gasteiger partial charge on any atom is -0.349 e. The van der Waals surface area contributed by atoms with E-state index >= 15 is 0 Å². The van der Waals surface area contributed by atoms with E-state index in [-0.39, 0.29) is 40.6 Å². The topological polar surface area (TPSA) is 116 Å². The number of aromatic nitrogens is 2. The van der Waals surface area contributed by atoms with Crippen molar-refractivity contribution in [3.8, 4) is 5.69 Å². The molecule has 3 atom stereocenters. The number of sulfonamides is 2. The van der Waals surface area contributed by atoms with Crippen molar-refractivity contribution >= 4 is 25.9 Å². The van der Waals surface area contributed by atoms with E-state index in [1.165, 1.54) is 41.4 Å². The van der Waals surface area contributed by atoms with Crippen LogP contribution in [0.5, 0.6) is 0 Å². The second kappa shape index (κ2) is 13.7. The average molecular weight is 689 g/mol. The fraction of sp³-hybridized carbons (Fsp3) is 0.515. The Bertz CT molecular complexity index is 1820. The summed E-state index contributed by atoms with van der Waals surface area (Å²) in [5.41, 5.74) is 0.761. The third-order valence-corrected chi connectivity index (χ3v) is 12.6. The highest BCUT2D eigenvalue weighted by atomic mass is 32.2. The maximum Gasteiger partial charge on any atom is 0.298 e. The van der Waals surface area contributed by atoms with Crippen LogP contribution in [0.2, 0.25) is 0 Å². The Morgan fingerprint density at radius 2 is 1.79 bits per heavy atom. The third-order valence-electron chi connectivity index (χ3n) is 9.51. The van der Waals surface area contributed by atoms with Crippen molar-refractivity contribution in [2.75, 3.05) is 64.5 Å². The first kappa shape index (κ1) is 35.1. The number of piperazine rings is 1. The molecule has 0 radical (unpaired) electrons. The summed E-state index contributed by atoms with van der Waals surface area (Å²) in [5, 5.41) is 0. The van der Waals surface area contributed by atoms with Gasteiger partial charge < -0.3 is 4.90 Å². The highest BCUT2D eigenvalue weighted by Crippen LogP contribution is 2.52. The minimum atomic E-state index is -3.64. The number of rotatable bonds is 13. The number of nitrogens with zero attached hydrogens (tertiary/aromatic N) is 6. The molecule has 1 saturated heterocycles. The summed E-state index contributed by atoms with van der Waals surface area (Å²) in [6.45, 7) is 8.81. The summed E-state index contributed by atoms with van der Waals surface area (Å²) in [5.74, 6) is 0.491. The summed E-state index contributed by atoms with van der Waals surface area (Å²) in [6.07, 6.45) is 13.1. The van der Waals surface area contributed by atoms with E-state index in [1.54, 1.807) is 30.5 Å². The molecule has 14 heteroatoms. The maximum absolute atomic E-state index is 13.8. The maximum atomic E-state index is 13.8. The van der Waals surface area contributed by atoms with Crippen molar-refractivity contribution in [3.05, 3.63) is 83.2 Å². The summed E-state index contributed by atoms with van der Waals surface area (Å²) in [4.78, 5) is 23.0. The molecule has 2 aliphatic carbocycles. The van der Waals surface area contributed by atoms with E-state index in [0.29, 0.717) is 49.3 Å². The number of hydrogen-bond donors (Lipinski definition) is 0. The van der Waals surface area contributed by atoms with Crippen LogP contribution in [0.1, 0.15) is 31.9 Å². The van der Waals surface area contributed by atoms with Crippen molar-refractivity contribution in [3.63, 3.8) is 0 Å². The van der Waals surface area contributed by atoms with Gasteiger partial charge in [0.05, 0.1) is 16.8 Å². The van der Waals surface area contributed by atoms with Gasteiger partial charge in [-0.3, -0.25) is 14.3 Å². The number of allylic oxidation sites excluding steroid dienone is 4. The molecule has 47 heavy (non-hydrogen) atoms. The van der Waals surface area contributed by atoms with Crippen LogP contribution in [0, 0.1) is 11.3 Å². The van der Waals surface area contributed by atoms with Crippen LogP contribution in [0.3, 0.4) is 0 Å². The number of aryl methyl sites for hydroxylation is 1. The summed E-state index contributed by atoms with van der Waals surface area (Å²) in [7, 11) is -4.07. The van der Waals surface area contributed by atoms with Gasteiger partial charge in [0.25, 0.3) is 5.56 Å². The Morgan fingerprint density at radius 3 is 2.36 bits per heavy atom. The first-order chi connectivity index (χ1) is 22.1. The lowest BCUT2D eigenvalue weighted by Crippen LogP contribution is -2.50. The normalized spacial score (nSPS) is 23.7. The Kier molecular flexibility index (Phi) is 10.3. The molecule has 2 aromatic rings. The average Bonchev–Trinajstić information content (AvgIpc) is 3.84. The van der Waals surface area contributed by atoms with Crippen LogP contribution in [0.25, 0.3) is 5.69 Å². The van der Waals surface area contributed by atoms with Crippen molar-refractivity contribution < 1.29 is 21.2 Å². The van der Waals surface area contributed by atoms with Crippen molar-refractivity contribution in [2.24, 2.45) is 11.3 Å². The summed E-state index contributed by atoms with van der Waals surface area (Å²) >= 11 is 0. The van der Waals surface area contributed by atoms with E-state index in [2.05, 4.69) is 18.4 Å². The van der Waals surface area contributed by atoms with Gasteiger partial charge >= 0.3 is 0 Å². The van der Waals surface area contributed by atoms with Crippen molar-refractivity contribution in [2.45, 2.75) is 43.5 Å². The Balaban J connectivity index is 1.37.